The van der Waals surface area contributed by atoms with E-state index in [0.29, 0.717) is 29.4 Å². The number of carbonyl (C=O) groups excluding carboxylic acids is 1. The van der Waals surface area contributed by atoms with Gasteiger partial charge in [0.15, 0.2) is 0 Å². The number of anilines is 1. The Morgan fingerprint density at radius 3 is 2.32 bits per heavy atom. The Morgan fingerprint density at radius 1 is 0.971 bits per heavy atom. The minimum atomic E-state index is -3.69. The van der Waals surface area contributed by atoms with Crippen LogP contribution in [0.4, 0.5) is 5.69 Å². The third-order valence-electron chi connectivity index (χ3n) is 5.66. The van der Waals surface area contributed by atoms with Crippen molar-refractivity contribution in [3.05, 3.63) is 88.4 Å². The van der Waals surface area contributed by atoms with Gasteiger partial charge in [0.1, 0.15) is 0 Å². The Kier molecular flexibility index (Phi) is 8.22. The summed E-state index contributed by atoms with van der Waals surface area (Å²) in [6.45, 7) is 0.541. The highest BCUT2D eigenvalue weighted by Crippen LogP contribution is 2.31. The van der Waals surface area contributed by atoms with Crippen molar-refractivity contribution in [3.8, 4) is 0 Å². The van der Waals surface area contributed by atoms with E-state index in [2.05, 4.69) is 5.32 Å². The second-order valence-corrected chi connectivity index (χ2v) is 11.9. The van der Waals surface area contributed by atoms with Gasteiger partial charge in [-0.15, -0.1) is 11.8 Å². The number of benzene rings is 3. The molecule has 34 heavy (non-hydrogen) atoms. The third-order valence-corrected chi connectivity index (χ3v) is 9.19. The number of nitrogens with one attached hydrogen (secondary N) is 1. The molecule has 0 aliphatic carbocycles. The number of hydrogen-bond donors (Lipinski definition) is 1. The summed E-state index contributed by atoms with van der Waals surface area (Å²) in [5.74, 6) is 0.140. The SMILES string of the molecule is O=C(Nc1ccccc1SCc1ccc(Cl)cc1)C1CCCN(S(=O)(=O)c2ccc(Cl)cc2)C1. The lowest BCUT2D eigenvalue weighted by molar-refractivity contribution is -0.120. The minimum absolute atomic E-state index is 0.150. The molecule has 9 heteroatoms. The van der Waals surface area contributed by atoms with E-state index >= 15 is 0 Å². The molecule has 1 unspecified atom stereocenters. The molecule has 1 atom stereocenters. The van der Waals surface area contributed by atoms with Crippen LogP contribution in [0.3, 0.4) is 0 Å². The predicted octanol–water partition coefficient (Wildman–Crippen LogP) is 6.33. The molecular weight excluding hydrogens is 511 g/mol. The standard InChI is InChI=1S/C25H24Cl2N2O3S2/c26-20-9-7-18(8-10-20)17-33-24-6-2-1-5-23(24)28-25(30)19-4-3-15-29(16-19)34(31,32)22-13-11-21(27)12-14-22/h1-2,5-14,19H,3-4,15-17H2,(H,28,30). The molecule has 4 rings (SSSR count). The Labute approximate surface area is 214 Å². The fourth-order valence-electron chi connectivity index (χ4n) is 3.80. The largest absolute Gasteiger partial charge is 0.325 e. The van der Waals surface area contributed by atoms with E-state index in [-0.39, 0.29) is 17.3 Å². The molecule has 3 aromatic carbocycles. The molecule has 5 nitrogen and oxygen atoms in total. The fraction of sp³-hybridized carbons (Fsp3) is 0.240. The van der Waals surface area contributed by atoms with E-state index in [0.717, 1.165) is 21.9 Å². The van der Waals surface area contributed by atoms with Gasteiger partial charge in [-0.1, -0.05) is 47.5 Å². The van der Waals surface area contributed by atoms with Crippen LogP contribution in [0.2, 0.25) is 10.0 Å². The average molecular weight is 536 g/mol. The molecule has 0 radical (unpaired) electrons. The molecule has 1 N–H and O–H groups in total. The number of carbonyl (C=O) groups is 1. The van der Waals surface area contributed by atoms with Crippen molar-refractivity contribution in [3.63, 3.8) is 0 Å². The quantitative estimate of drug-likeness (QED) is 0.360. The van der Waals surface area contributed by atoms with E-state index in [1.165, 1.54) is 16.4 Å². The summed E-state index contributed by atoms with van der Waals surface area (Å²) in [4.78, 5) is 14.2. The van der Waals surface area contributed by atoms with Crippen molar-refractivity contribution in [2.24, 2.45) is 5.92 Å². The molecule has 1 saturated heterocycles. The fourth-order valence-corrected chi connectivity index (χ4v) is 6.54. The molecule has 1 amide bonds. The number of sulfonamides is 1. The van der Waals surface area contributed by atoms with Crippen LogP contribution in [-0.2, 0) is 20.6 Å². The Morgan fingerprint density at radius 2 is 1.62 bits per heavy atom. The molecule has 1 heterocycles. The van der Waals surface area contributed by atoms with E-state index in [9.17, 15) is 13.2 Å². The number of hydrogen-bond acceptors (Lipinski definition) is 4. The van der Waals surface area contributed by atoms with Crippen LogP contribution < -0.4 is 5.32 Å². The Hall–Kier alpha value is -2.03. The number of rotatable bonds is 7. The number of piperidine rings is 1. The first-order valence-corrected chi connectivity index (χ1v) is 14.0. The van der Waals surface area contributed by atoms with E-state index in [1.54, 1.807) is 23.9 Å². The zero-order valence-electron chi connectivity index (χ0n) is 18.3. The molecule has 0 spiro atoms. The van der Waals surface area contributed by atoms with Crippen LogP contribution in [0.5, 0.6) is 0 Å². The van der Waals surface area contributed by atoms with Crippen LogP contribution in [-0.4, -0.2) is 31.7 Å². The summed E-state index contributed by atoms with van der Waals surface area (Å²) in [7, 11) is -3.69. The summed E-state index contributed by atoms with van der Waals surface area (Å²) in [6, 6.07) is 21.4. The normalized spacial score (nSPS) is 16.8. The Balaban J connectivity index is 1.42. The first-order valence-electron chi connectivity index (χ1n) is 10.9. The van der Waals surface area contributed by atoms with E-state index in [4.69, 9.17) is 23.2 Å². The highest BCUT2D eigenvalue weighted by molar-refractivity contribution is 7.98. The lowest BCUT2D eigenvalue weighted by Crippen LogP contribution is -2.43. The minimum Gasteiger partial charge on any atom is -0.325 e. The van der Waals surface area contributed by atoms with Crippen molar-refractivity contribution in [2.45, 2.75) is 28.4 Å². The number of amides is 1. The molecule has 1 aliphatic heterocycles. The molecule has 3 aromatic rings. The summed E-state index contributed by atoms with van der Waals surface area (Å²) in [5, 5.41) is 4.19. The third kappa shape index (κ3) is 6.15. The van der Waals surface area contributed by atoms with Crippen molar-refractivity contribution in [1.29, 1.82) is 0 Å². The van der Waals surface area contributed by atoms with Gasteiger partial charge in [0.05, 0.1) is 16.5 Å². The summed E-state index contributed by atoms with van der Waals surface area (Å²) in [6.07, 6.45) is 1.26. The lowest BCUT2D eigenvalue weighted by atomic mass is 9.99. The van der Waals surface area contributed by atoms with E-state index < -0.39 is 15.9 Å². The van der Waals surface area contributed by atoms with Crippen molar-refractivity contribution in [2.75, 3.05) is 18.4 Å². The lowest BCUT2D eigenvalue weighted by Gasteiger charge is -2.31. The van der Waals surface area contributed by atoms with Gasteiger partial charge in [-0.2, -0.15) is 4.31 Å². The molecule has 0 bridgehead atoms. The molecule has 178 valence electrons. The van der Waals surface area contributed by atoms with Gasteiger partial charge in [0, 0.05) is 33.8 Å². The number of thioether (sulfide) groups is 1. The van der Waals surface area contributed by atoms with Gasteiger partial charge in [0.25, 0.3) is 0 Å². The van der Waals surface area contributed by atoms with E-state index in [1.807, 2.05) is 48.5 Å². The smallest absolute Gasteiger partial charge is 0.243 e. The molecular formula is C25H24Cl2N2O3S2. The number of para-hydroxylation sites is 1. The number of nitrogens with zero attached hydrogens (tertiary/aromatic N) is 1. The van der Waals surface area contributed by atoms with Gasteiger partial charge in [-0.05, 0) is 66.9 Å². The van der Waals surface area contributed by atoms with Gasteiger partial charge in [-0.25, -0.2) is 8.42 Å². The van der Waals surface area contributed by atoms with Gasteiger partial charge < -0.3 is 5.32 Å². The maximum Gasteiger partial charge on any atom is 0.243 e. The van der Waals surface area contributed by atoms with Crippen molar-refractivity contribution in [1.82, 2.24) is 4.31 Å². The van der Waals surface area contributed by atoms with Crippen molar-refractivity contribution < 1.29 is 13.2 Å². The highest BCUT2D eigenvalue weighted by Gasteiger charge is 2.33. The van der Waals surface area contributed by atoms with Crippen LogP contribution in [0.15, 0.2) is 82.6 Å². The highest BCUT2D eigenvalue weighted by atomic mass is 35.5. The second-order valence-electron chi connectivity index (χ2n) is 8.06. The van der Waals surface area contributed by atoms with Crippen LogP contribution in [0.1, 0.15) is 18.4 Å². The maximum absolute atomic E-state index is 13.1. The van der Waals surface area contributed by atoms with Crippen molar-refractivity contribution >= 4 is 56.6 Å². The first kappa shape index (κ1) is 25.1. The maximum atomic E-state index is 13.1. The molecule has 0 saturated carbocycles. The summed E-state index contributed by atoms with van der Waals surface area (Å²) < 4.78 is 27.5. The predicted molar refractivity (Wildman–Crippen MR) is 139 cm³/mol. The monoisotopic (exact) mass is 534 g/mol. The van der Waals surface area contributed by atoms with Crippen LogP contribution in [0, 0.1) is 5.92 Å². The van der Waals surface area contributed by atoms with Gasteiger partial charge in [-0.3, -0.25) is 4.79 Å². The van der Waals surface area contributed by atoms with Crippen LogP contribution >= 0.6 is 35.0 Å². The Bertz CT molecular complexity index is 1250. The average Bonchev–Trinajstić information content (AvgIpc) is 2.85. The molecule has 1 fully saturated rings. The second kappa shape index (κ2) is 11.1. The summed E-state index contributed by atoms with van der Waals surface area (Å²) >= 11 is 13.5. The zero-order valence-corrected chi connectivity index (χ0v) is 21.4. The summed E-state index contributed by atoms with van der Waals surface area (Å²) in [5.41, 5.74) is 1.86. The molecule has 1 aliphatic rings. The number of halogens is 2. The molecule has 0 aromatic heterocycles. The topological polar surface area (TPSA) is 66.5 Å². The van der Waals surface area contributed by atoms with Gasteiger partial charge >= 0.3 is 0 Å². The first-order chi connectivity index (χ1) is 16.3. The zero-order chi connectivity index (χ0) is 24.1. The van der Waals surface area contributed by atoms with Gasteiger partial charge in [0.2, 0.25) is 15.9 Å². The van der Waals surface area contributed by atoms with Crippen LogP contribution in [0.25, 0.3) is 0 Å².